The van der Waals surface area contributed by atoms with Gasteiger partial charge in [-0.25, -0.2) is 0 Å². The molecule has 2 aromatic heterocycles. The summed E-state index contributed by atoms with van der Waals surface area (Å²) in [6, 6.07) is 79.4. The SMILES string of the molecule is c1ccc(-c2cc(-c3ccccc3)cc(-c3ccc(N(c4ccc(-n5c6ccccc6c6ccccc65)cc4)c4cccc5c4sc4ccccc45)cc3)c2)cc1. The van der Waals surface area contributed by atoms with Crippen molar-refractivity contribution in [1.82, 2.24) is 4.57 Å². The molecule has 11 rings (SSSR count). The Morgan fingerprint density at radius 3 is 1.37 bits per heavy atom. The van der Waals surface area contributed by atoms with E-state index in [1.54, 1.807) is 0 Å². The van der Waals surface area contributed by atoms with Crippen LogP contribution in [0.1, 0.15) is 0 Å². The van der Waals surface area contributed by atoms with Gasteiger partial charge in [0.05, 0.1) is 21.4 Å². The van der Waals surface area contributed by atoms with Crippen LogP contribution in [0.4, 0.5) is 17.1 Å². The highest BCUT2D eigenvalue weighted by Gasteiger charge is 2.19. The Bertz CT molecular complexity index is 3100. The van der Waals surface area contributed by atoms with Gasteiger partial charge in [0.25, 0.3) is 0 Å². The zero-order chi connectivity index (χ0) is 37.7. The van der Waals surface area contributed by atoms with E-state index in [1.165, 1.54) is 81.0 Å². The predicted octanol–water partition coefficient (Wildman–Crippen LogP) is 15.6. The number of nitrogens with zero attached hydrogens (tertiary/aromatic N) is 2. The molecule has 0 aliphatic rings. The fourth-order valence-electron chi connectivity index (χ4n) is 8.48. The number of aromatic nitrogens is 1. The highest BCUT2D eigenvalue weighted by molar-refractivity contribution is 7.26. The van der Waals surface area contributed by atoms with Gasteiger partial charge in [-0.2, -0.15) is 0 Å². The van der Waals surface area contributed by atoms with E-state index in [4.69, 9.17) is 0 Å². The first-order valence-corrected chi connectivity index (χ1v) is 20.2. The van der Waals surface area contributed by atoms with Crippen molar-refractivity contribution in [2.24, 2.45) is 0 Å². The van der Waals surface area contributed by atoms with Crippen LogP contribution in [0.3, 0.4) is 0 Å². The van der Waals surface area contributed by atoms with Crippen molar-refractivity contribution in [2.45, 2.75) is 0 Å². The topological polar surface area (TPSA) is 8.17 Å². The molecular formula is C54H36N2S. The molecule has 57 heavy (non-hydrogen) atoms. The number of rotatable bonds is 7. The van der Waals surface area contributed by atoms with Crippen molar-refractivity contribution in [3.05, 3.63) is 218 Å². The molecule has 0 amide bonds. The van der Waals surface area contributed by atoms with Crippen LogP contribution < -0.4 is 4.90 Å². The molecule has 0 spiro atoms. The third-order valence-corrected chi connectivity index (χ3v) is 12.4. The summed E-state index contributed by atoms with van der Waals surface area (Å²) in [7, 11) is 0. The van der Waals surface area contributed by atoms with E-state index in [9.17, 15) is 0 Å². The summed E-state index contributed by atoms with van der Waals surface area (Å²) in [6.07, 6.45) is 0. The molecule has 2 heterocycles. The molecule has 9 aromatic carbocycles. The maximum absolute atomic E-state index is 2.42. The Labute approximate surface area is 335 Å². The molecule has 0 aliphatic carbocycles. The molecule has 0 N–H and O–H groups in total. The summed E-state index contributed by atoms with van der Waals surface area (Å²) in [4.78, 5) is 2.42. The van der Waals surface area contributed by atoms with Crippen molar-refractivity contribution >= 4 is 70.4 Å². The Morgan fingerprint density at radius 1 is 0.333 bits per heavy atom. The number of thiophene rings is 1. The minimum absolute atomic E-state index is 1.11. The lowest BCUT2D eigenvalue weighted by molar-refractivity contribution is 1.17. The van der Waals surface area contributed by atoms with Gasteiger partial charge in [0, 0.05) is 43.3 Å². The first kappa shape index (κ1) is 33.2. The van der Waals surface area contributed by atoms with Gasteiger partial charge < -0.3 is 9.47 Å². The molecule has 0 fully saturated rings. The van der Waals surface area contributed by atoms with Gasteiger partial charge in [-0.3, -0.25) is 0 Å². The number of anilines is 3. The number of hydrogen-bond donors (Lipinski definition) is 0. The maximum Gasteiger partial charge on any atom is 0.0640 e. The van der Waals surface area contributed by atoms with E-state index in [-0.39, 0.29) is 0 Å². The van der Waals surface area contributed by atoms with Gasteiger partial charge in [0.1, 0.15) is 0 Å². The molecule has 2 nitrogen and oxygen atoms in total. The van der Waals surface area contributed by atoms with Crippen LogP contribution in [-0.4, -0.2) is 4.57 Å². The fraction of sp³-hybridized carbons (Fsp3) is 0. The van der Waals surface area contributed by atoms with E-state index >= 15 is 0 Å². The molecular weight excluding hydrogens is 709 g/mol. The van der Waals surface area contributed by atoms with Crippen molar-refractivity contribution in [2.75, 3.05) is 4.90 Å². The highest BCUT2D eigenvalue weighted by atomic mass is 32.1. The molecule has 0 saturated carbocycles. The second kappa shape index (κ2) is 13.8. The van der Waals surface area contributed by atoms with Gasteiger partial charge >= 0.3 is 0 Å². The van der Waals surface area contributed by atoms with Gasteiger partial charge in [-0.05, 0) is 112 Å². The fourth-order valence-corrected chi connectivity index (χ4v) is 9.69. The van der Waals surface area contributed by atoms with Crippen LogP contribution in [0.15, 0.2) is 218 Å². The van der Waals surface area contributed by atoms with Crippen LogP contribution in [0, 0.1) is 0 Å². The van der Waals surface area contributed by atoms with E-state index < -0.39 is 0 Å². The molecule has 11 aromatic rings. The van der Waals surface area contributed by atoms with Crippen LogP contribution >= 0.6 is 11.3 Å². The van der Waals surface area contributed by atoms with Crippen molar-refractivity contribution in [3.8, 4) is 39.1 Å². The van der Waals surface area contributed by atoms with Gasteiger partial charge in [-0.15, -0.1) is 11.3 Å². The minimum atomic E-state index is 1.11. The van der Waals surface area contributed by atoms with Crippen LogP contribution in [-0.2, 0) is 0 Å². The Balaban J connectivity index is 1.05. The molecule has 0 aliphatic heterocycles. The molecule has 0 atom stereocenters. The number of fused-ring (bicyclic) bond motifs is 6. The summed E-state index contributed by atoms with van der Waals surface area (Å²) in [5, 5.41) is 5.10. The van der Waals surface area contributed by atoms with E-state index in [1.807, 2.05) is 11.3 Å². The number of hydrogen-bond acceptors (Lipinski definition) is 2. The van der Waals surface area contributed by atoms with E-state index in [2.05, 4.69) is 228 Å². The maximum atomic E-state index is 2.42. The van der Waals surface area contributed by atoms with Gasteiger partial charge in [0.2, 0.25) is 0 Å². The monoisotopic (exact) mass is 744 g/mol. The van der Waals surface area contributed by atoms with Crippen LogP contribution in [0.5, 0.6) is 0 Å². The second-order valence-electron chi connectivity index (χ2n) is 14.6. The van der Waals surface area contributed by atoms with E-state index in [0.717, 1.165) is 17.1 Å². The van der Waals surface area contributed by atoms with E-state index in [0.29, 0.717) is 0 Å². The summed E-state index contributed by atoms with van der Waals surface area (Å²) in [5.41, 5.74) is 14.1. The third-order valence-electron chi connectivity index (χ3n) is 11.2. The molecule has 0 unspecified atom stereocenters. The molecule has 0 radical (unpaired) electrons. The lowest BCUT2D eigenvalue weighted by Gasteiger charge is -2.26. The Kier molecular flexibility index (Phi) is 8.04. The zero-order valence-electron chi connectivity index (χ0n) is 31.1. The number of para-hydroxylation sites is 2. The van der Waals surface area contributed by atoms with Crippen molar-refractivity contribution < 1.29 is 0 Å². The van der Waals surface area contributed by atoms with Crippen molar-refractivity contribution in [3.63, 3.8) is 0 Å². The standard InChI is InChI=1S/C54H36N2S/c1-3-14-37(15-4-1)40-34-41(38-16-5-2-6-17-38)36-42(35-40)39-26-28-43(29-27-39)55(52-24-13-21-49-48-20-9-12-25-53(48)57-54(49)52)44-30-32-45(33-31-44)56-50-22-10-7-18-46(50)47-19-8-11-23-51(47)56/h1-36H. The first-order valence-electron chi connectivity index (χ1n) is 19.4. The molecule has 268 valence electrons. The molecule has 0 saturated heterocycles. The quantitative estimate of drug-likeness (QED) is 0.158. The second-order valence-corrected chi connectivity index (χ2v) is 15.6. The summed E-state index contributed by atoms with van der Waals surface area (Å²) in [5.74, 6) is 0. The van der Waals surface area contributed by atoms with Crippen molar-refractivity contribution in [1.29, 1.82) is 0 Å². The minimum Gasteiger partial charge on any atom is -0.309 e. The predicted molar refractivity (Wildman–Crippen MR) is 245 cm³/mol. The molecule has 0 bridgehead atoms. The average Bonchev–Trinajstić information content (AvgIpc) is 3.84. The zero-order valence-corrected chi connectivity index (χ0v) is 31.9. The first-order chi connectivity index (χ1) is 28.3. The third kappa shape index (κ3) is 5.80. The normalized spacial score (nSPS) is 11.5. The van der Waals surface area contributed by atoms with Crippen LogP contribution in [0.2, 0.25) is 0 Å². The Morgan fingerprint density at radius 2 is 0.789 bits per heavy atom. The lowest BCUT2D eigenvalue weighted by Crippen LogP contribution is -2.10. The largest absolute Gasteiger partial charge is 0.309 e. The summed E-state index contributed by atoms with van der Waals surface area (Å²) in [6.45, 7) is 0. The van der Waals surface area contributed by atoms with Gasteiger partial charge in [-0.1, -0.05) is 140 Å². The molecule has 3 heteroatoms. The highest BCUT2D eigenvalue weighted by Crippen LogP contribution is 2.45. The Hall–Kier alpha value is -7.20. The lowest BCUT2D eigenvalue weighted by atomic mass is 9.93. The van der Waals surface area contributed by atoms with Gasteiger partial charge in [0.15, 0.2) is 0 Å². The number of benzene rings is 9. The van der Waals surface area contributed by atoms with Crippen LogP contribution in [0.25, 0.3) is 81.0 Å². The summed E-state index contributed by atoms with van der Waals surface area (Å²) >= 11 is 1.86. The summed E-state index contributed by atoms with van der Waals surface area (Å²) < 4.78 is 4.95. The smallest absolute Gasteiger partial charge is 0.0640 e. The average molecular weight is 745 g/mol.